The minimum Gasteiger partial charge on any atom is -0.334 e. The molecule has 0 aliphatic rings. The fraction of sp³-hybridized carbons (Fsp3) is 0.538. The summed E-state index contributed by atoms with van der Waals surface area (Å²) in [6, 6.07) is 3.83. The first-order valence-electron chi connectivity index (χ1n) is 6.19. The van der Waals surface area contributed by atoms with Gasteiger partial charge in [0.2, 0.25) is 0 Å². The Hall–Kier alpha value is -1.58. The molecule has 0 saturated heterocycles. The molecule has 4 nitrogen and oxygen atoms in total. The summed E-state index contributed by atoms with van der Waals surface area (Å²) in [7, 11) is 0. The smallest absolute Gasteiger partial charge is 0.317 e. The minimum atomic E-state index is 0.0190. The number of nitrogens with one attached hydrogen (secondary N) is 1. The molecule has 4 heteroatoms. The Bertz CT molecular complexity index is 321. The highest BCUT2D eigenvalue weighted by Gasteiger charge is 2.10. The average Bonchev–Trinajstić information content (AvgIpc) is 2.37. The standard InChI is InChI=1S/C13H21N3O/c1-3-9-16(10-4-2)13(17)15-11-12-5-7-14-8-6-12/h5-8H,3-4,9-11H2,1-2H3,(H,15,17). The molecule has 0 fully saturated rings. The van der Waals surface area contributed by atoms with E-state index >= 15 is 0 Å². The molecule has 0 spiro atoms. The molecule has 0 atom stereocenters. The largest absolute Gasteiger partial charge is 0.334 e. The van der Waals surface area contributed by atoms with E-state index in [0.717, 1.165) is 31.5 Å². The van der Waals surface area contributed by atoms with E-state index in [4.69, 9.17) is 0 Å². The molecule has 1 N–H and O–H groups in total. The highest BCUT2D eigenvalue weighted by molar-refractivity contribution is 5.74. The number of carbonyl (C=O) groups is 1. The molecule has 0 aliphatic heterocycles. The Morgan fingerprint density at radius 1 is 1.24 bits per heavy atom. The zero-order chi connectivity index (χ0) is 12.5. The molecule has 1 rings (SSSR count). The SMILES string of the molecule is CCCN(CCC)C(=O)NCc1ccncc1. The molecule has 2 amide bonds. The highest BCUT2D eigenvalue weighted by Crippen LogP contribution is 1.98. The normalized spacial score (nSPS) is 10.0. The van der Waals surface area contributed by atoms with Crippen LogP contribution in [0.3, 0.4) is 0 Å². The summed E-state index contributed by atoms with van der Waals surface area (Å²) in [4.78, 5) is 17.7. The van der Waals surface area contributed by atoms with Gasteiger partial charge in [0.1, 0.15) is 0 Å². The minimum absolute atomic E-state index is 0.0190. The van der Waals surface area contributed by atoms with E-state index in [1.165, 1.54) is 0 Å². The van der Waals surface area contributed by atoms with Crippen LogP contribution in [0, 0.1) is 0 Å². The molecule has 17 heavy (non-hydrogen) atoms. The number of hydrogen-bond donors (Lipinski definition) is 1. The van der Waals surface area contributed by atoms with Crippen LogP contribution in [0.2, 0.25) is 0 Å². The van der Waals surface area contributed by atoms with Gasteiger partial charge in [-0.25, -0.2) is 4.79 Å². The first-order valence-corrected chi connectivity index (χ1v) is 6.19. The van der Waals surface area contributed by atoms with Gasteiger partial charge in [0, 0.05) is 32.0 Å². The molecule has 1 aromatic heterocycles. The number of carbonyl (C=O) groups excluding carboxylic acids is 1. The Kier molecular flexibility index (Phi) is 6.07. The third-order valence-electron chi connectivity index (χ3n) is 2.47. The Morgan fingerprint density at radius 2 is 1.82 bits per heavy atom. The van der Waals surface area contributed by atoms with Crippen molar-refractivity contribution in [1.29, 1.82) is 0 Å². The van der Waals surface area contributed by atoms with Gasteiger partial charge in [-0.2, -0.15) is 0 Å². The fourth-order valence-corrected chi connectivity index (χ4v) is 1.64. The van der Waals surface area contributed by atoms with E-state index in [2.05, 4.69) is 24.1 Å². The average molecular weight is 235 g/mol. The highest BCUT2D eigenvalue weighted by atomic mass is 16.2. The lowest BCUT2D eigenvalue weighted by molar-refractivity contribution is 0.197. The van der Waals surface area contributed by atoms with Gasteiger partial charge in [0.25, 0.3) is 0 Å². The van der Waals surface area contributed by atoms with Crippen molar-refractivity contribution in [2.45, 2.75) is 33.2 Å². The molecule has 0 aromatic carbocycles. The molecule has 1 aromatic rings. The molecular formula is C13H21N3O. The molecule has 94 valence electrons. The van der Waals surface area contributed by atoms with E-state index in [0.29, 0.717) is 6.54 Å². The summed E-state index contributed by atoms with van der Waals surface area (Å²) in [6.45, 7) is 6.36. The van der Waals surface area contributed by atoms with Crippen LogP contribution >= 0.6 is 0 Å². The van der Waals surface area contributed by atoms with Crippen LogP contribution < -0.4 is 5.32 Å². The molecule has 1 heterocycles. The van der Waals surface area contributed by atoms with Gasteiger partial charge in [-0.05, 0) is 30.5 Å². The summed E-state index contributed by atoms with van der Waals surface area (Å²) >= 11 is 0. The third kappa shape index (κ3) is 4.85. The van der Waals surface area contributed by atoms with E-state index < -0.39 is 0 Å². The molecule has 0 saturated carbocycles. The summed E-state index contributed by atoms with van der Waals surface area (Å²) in [5, 5.41) is 2.93. The van der Waals surface area contributed by atoms with Crippen LogP contribution in [0.25, 0.3) is 0 Å². The van der Waals surface area contributed by atoms with Crippen LogP contribution in [0.15, 0.2) is 24.5 Å². The Labute approximate surface area is 103 Å². The van der Waals surface area contributed by atoms with Crippen LogP contribution in [0.1, 0.15) is 32.3 Å². The van der Waals surface area contributed by atoms with Crippen molar-refractivity contribution in [1.82, 2.24) is 15.2 Å². The number of nitrogens with zero attached hydrogens (tertiary/aromatic N) is 2. The van der Waals surface area contributed by atoms with Gasteiger partial charge in [-0.1, -0.05) is 13.8 Å². The Balaban J connectivity index is 2.41. The van der Waals surface area contributed by atoms with E-state index in [-0.39, 0.29) is 6.03 Å². The second kappa shape index (κ2) is 7.65. The fourth-order valence-electron chi connectivity index (χ4n) is 1.64. The van der Waals surface area contributed by atoms with Crippen LogP contribution in [0.5, 0.6) is 0 Å². The third-order valence-corrected chi connectivity index (χ3v) is 2.47. The number of amides is 2. The van der Waals surface area contributed by atoms with E-state index in [9.17, 15) is 4.79 Å². The number of aromatic nitrogens is 1. The van der Waals surface area contributed by atoms with Gasteiger partial charge in [0.15, 0.2) is 0 Å². The van der Waals surface area contributed by atoms with Crippen molar-refractivity contribution in [2.24, 2.45) is 0 Å². The predicted molar refractivity (Wildman–Crippen MR) is 68.6 cm³/mol. The maximum Gasteiger partial charge on any atom is 0.317 e. The first kappa shape index (κ1) is 13.5. The molecule has 0 radical (unpaired) electrons. The summed E-state index contributed by atoms with van der Waals surface area (Å²) in [5.41, 5.74) is 1.07. The lowest BCUT2D eigenvalue weighted by Crippen LogP contribution is -2.40. The van der Waals surface area contributed by atoms with Gasteiger partial charge in [-0.3, -0.25) is 4.98 Å². The zero-order valence-electron chi connectivity index (χ0n) is 10.6. The number of pyridine rings is 1. The van der Waals surface area contributed by atoms with E-state index in [1.807, 2.05) is 17.0 Å². The maximum atomic E-state index is 11.9. The van der Waals surface area contributed by atoms with Crippen molar-refractivity contribution in [3.05, 3.63) is 30.1 Å². The summed E-state index contributed by atoms with van der Waals surface area (Å²) in [5.74, 6) is 0. The van der Waals surface area contributed by atoms with Crippen molar-refractivity contribution in [2.75, 3.05) is 13.1 Å². The number of rotatable bonds is 6. The van der Waals surface area contributed by atoms with Crippen LogP contribution in [-0.4, -0.2) is 29.0 Å². The van der Waals surface area contributed by atoms with Crippen molar-refractivity contribution < 1.29 is 4.79 Å². The van der Waals surface area contributed by atoms with Gasteiger partial charge >= 0.3 is 6.03 Å². The maximum absolute atomic E-state index is 11.9. The topological polar surface area (TPSA) is 45.2 Å². The molecule has 0 aliphatic carbocycles. The predicted octanol–water partition coefficient (Wildman–Crippen LogP) is 2.41. The van der Waals surface area contributed by atoms with Crippen LogP contribution in [0.4, 0.5) is 4.79 Å². The molecule has 0 bridgehead atoms. The van der Waals surface area contributed by atoms with Crippen molar-refractivity contribution >= 4 is 6.03 Å². The Morgan fingerprint density at radius 3 is 2.35 bits per heavy atom. The van der Waals surface area contributed by atoms with Gasteiger partial charge < -0.3 is 10.2 Å². The second-order valence-electron chi connectivity index (χ2n) is 4.00. The van der Waals surface area contributed by atoms with Crippen molar-refractivity contribution in [3.8, 4) is 0 Å². The zero-order valence-corrected chi connectivity index (χ0v) is 10.6. The molecule has 0 unspecified atom stereocenters. The van der Waals surface area contributed by atoms with Crippen LogP contribution in [-0.2, 0) is 6.54 Å². The summed E-state index contributed by atoms with van der Waals surface area (Å²) in [6.07, 6.45) is 5.44. The number of hydrogen-bond acceptors (Lipinski definition) is 2. The van der Waals surface area contributed by atoms with Crippen molar-refractivity contribution in [3.63, 3.8) is 0 Å². The molecular weight excluding hydrogens is 214 g/mol. The van der Waals surface area contributed by atoms with E-state index in [1.54, 1.807) is 12.4 Å². The quantitative estimate of drug-likeness (QED) is 0.823. The van der Waals surface area contributed by atoms with Gasteiger partial charge in [0.05, 0.1) is 0 Å². The monoisotopic (exact) mass is 235 g/mol. The first-order chi connectivity index (χ1) is 8.27. The lowest BCUT2D eigenvalue weighted by Gasteiger charge is -2.21. The summed E-state index contributed by atoms with van der Waals surface area (Å²) < 4.78 is 0. The van der Waals surface area contributed by atoms with Gasteiger partial charge in [-0.15, -0.1) is 0 Å². The second-order valence-corrected chi connectivity index (χ2v) is 4.00. The lowest BCUT2D eigenvalue weighted by atomic mass is 10.3. The number of urea groups is 1.